The topological polar surface area (TPSA) is 12.0 Å². The zero-order valence-electron chi connectivity index (χ0n) is 10.6. The fourth-order valence-electron chi connectivity index (χ4n) is 2.31. The van der Waals surface area contributed by atoms with E-state index in [4.69, 9.17) is 0 Å². The van der Waals surface area contributed by atoms with Crippen LogP contribution in [0, 0.1) is 11.6 Å². The van der Waals surface area contributed by atoms with Gasteiger partial charge in [-0.15, -0.1) is 23.1 Å². The van der Waals surface area contributed by atoms with Gasteiger partial charge >= 0.3 is 0 Å². The van der Waals surface area contributed by atoms with Crippen LogP contribution < -0.4 is 5.32 Å². The number of fused-ring (bicyclic) bond motifs is 1. The number of benzene rings is 1. The Morgan fingerprint density at radius 1 is 1.30 bits per heavy atom. The lowest BCUT2D eigenvalue weighted by molar-refractivity contribution is 0.576. The number of thiophene rings is 1. The maximum absolute atomic E-state index is 13.9. The van der Waals surface area contributed by atoms with Crippen molar-refractivity contribution in [3.8, 4) is 0 Å². The molecule has 0 saturated heterocycles. The van der Waals surface area contributed by atoms with Gasteiger partial charge < -0.3 is 5.32 Å². The Bertz CT molecular complexity index is 644. The number of anilines is 1. The molecule has 2 aromatic rings. The van der Waals surface area contributed by atoms with Crippen LogP contribution >= 0.6 is 39.0 Å². The molecule has 0 fully saturated rings. The summed E-state index contributed by atoms with van der Waals surface area (Å²) in [7, 11) is 0. The Labute approximate surface area is 132 Å². The fraction of sp³-hybridized carbons (Fsp3) is 0.286. The summed E-state index contributed by atoms with van der Waals surface area (Å²) < 4.78 is 28.7. The molecule has 2 heterocycles. The molecule has 0 saturated carbocycles. The van der Waals surface area contributed by atoms with Crippen molar-refractivity contribution in [2.24, 2.45) is 0 Å². The average Bonchev–Trinajstić information content (AvgIpc) is 2.84. The second kappa shape index (κ2) is 5.66. The average molecular weight is 376 g/mol. The minimum atomic E-state index is -0.586. The van der Waals surface area contributed by atoms with Gasteiger partial charge in [-0.1, -0.05) is 6.92 Å². The van der Waals surface area contributed by atoms with Gasteiger partial charge in [-0.2, -0.15) is 0 Å². The minimum absolute atomic E-state index is 0.0689. The first-order valence-corrected chi connectivity index (χ1v) is 8.75. The number of halogens is 3. The highest BCUT2D eigenvalue weighted by molar-refractivity contribution is 9.10. The molecule has 2 atom stereocenters. The van der Waals surface area contributed by atoms with Crippen molar-refractivity contribution in [1.29, 1.82) is 0 Å². The van der Waals surface area contributed by atoms with E-state index in [-0.39, 0.29) is 10.5 Å². The maximum Gasteiger partial charge on any atom is 0.149 e. The molecule has 0 amide bonds. The molecule has 1 unspecified atom stereocenters. The minimum Gasteiger partial charge on any atom is -0.376 e. The van der Waals surface area contributed by atoms with Gasteiger partial charge in [0.15, 0.2) is 0 Å². The third kappa shape index (κ3) is 2.73. The van der Waals surface area contributed by atoms with E-state index in [1.807, 2.05) is 11.8 Å². The van der Waals surface area contributed by atoms with Crippen LogP contribution in [0.1, 0.15) is 24.9 Å². The largest absolute Gasteiger partial charge is 0.376 e. The lowest BCUT2D eigenvalue weighted by atomic mass is 10.0. The van der Waals surface area contributed by atoms with Crippen LogP contribution in [-0.4, -0.2) is 5.25 Å². The highest BCUT2D eigenvalue weighted by Gasteiger charge is 2.27. The molecule has 20 heavy (non-hydrogen) atoms. The van der Waals surface area contributed by atoms with E-state index in [2.05, 4.69) is 39.6 Å². The quantitative estimate of drug-likeness (QED) is 0.663. The highest BCUT2D eigenvalue weighted by atomic mass is 79.9. The van der Waals surface area contributed by atoms with Crippen LogP contribution in [0.3, 0.4) is 0 Å². The van der Waals surface area contributed by atoms with Crippen LogP contribution in [0.5, 0.6) is 0 Å². The van der Waals surface area contributed by atoms with E-state index < -0.39 is 11.6 Å². The van der Waals surface area contributed by atoms with Gasteiger partial charge in [0.05, 0.1) is 20.4 Å². The number of hydrogen-bond donors (Lipinski definition) is 1. The van der Waals surface area contributed by atoms with Gasteiger partial charge in [-0.05, 0) is 45.4 Å². The Balaban J connectivity index is 1.91. The lowest BCUT2D eigenvalue weighted by Gasteiger charge is -2.28. The molecule has 1 aliphatic rings. The summed E-state index contributed by atoms with van der Waals surface area (Å²) in [6, 6.07) is 4.51. The molecule has 0 spiro atoms. The SMILES string of the molecule is C[C@H]1CC(Nc2cc(Br)c(F)cc2F)c2ccsc2S1. The van der Waals surface area contributed by atoms with Crippen LogP contribution in [0.25, 0.3) is 0 Å². The van der Waals surface area contributed by atoms with Gasteiger partial charge in [0.25, 0.3) is 0 Å². The van der Waals surface area contributed by atoms with E-state index in [0.717, 1.165) is 12.5 Å². The molecular weight excluding hydrogens is 364 g/mol. The van der Waals surface area contributed by atoms with Crippen molar-refractivity contribution in [2.45, 2.75) is 28.8 Å². The predicted octanol–water partition coefficient (Wildman–Crippen LogP) is 5.83. The number of thioether (sulfide) groups is 1. The van der Waals surface area contributed by atoms with Crippen molar-refractivity contribution in [3.05, 3.63) is 45.2 Å². The van der Waals surface area contributed by atoms with Gasteiger partial charge in [-0.25, -0.2) is 8.78 Å². The summed E-state index contributed by atoms with van der Waals surface area (Å²) in [5.74, 6) is -1.15. The summed E-state index contributed by atoms with van der Waals surface area (Å²) >= 11 is 6.67. The Hall–Kier alpha value is -0.590. The zero-order valence-corrected chi connectivity index (χ0v) is 13.8. The third-order valence-corrected chi connectivity index (χ3v) is 6.20. The van der Waals surface area contributed by atoms with Gasteiger partial charge in [0.2, 0.25) is 0 Å². The van der Waals surface area contributed by atoms with Crippen molar-refractivity contribution >= 4 is 44.7 Å². The molecule has 0 bridgehead atoms. The van der Waals surface area contributed by atoms with E-state index in [1.54, 1.807) is 11.3 Å². The summed E-state index contributed by atoms with van der Waals surface area (Å²) in [5, 5.41) is 5.75. The first-order chi connectivity index (χ1) is 9.54. The third-order valence-electron chi connectivity index (χ3n) is 3.25. The van der Waals surface area contributed by atoms with E-state index in [0.29, 0.717) is 10.9 Å². The van der Waals surface area contributed by atoms with Crippen LogP contribution in [-0.2, 0) is 0 Å². The molecule has 1 aromatic carbocycles. The molecule has 0 radical (unpaired) electrons. The van der Waals surface area contributed by atoms with E-state index in [1.165, 1.54) is 15.8 Å². The van der Waals surface area contributed by atoms with Gasteiger partial charge in [0.1, 0.15) is 11.6 Å². The Morgan fingerprint density at radius 2 is 2.10 bits per heavy atom. The Kier molecular flexibility index (Phi) is 4.06. The van der Waals surface area contributed by atoms with E-state index in [9.17, 15) is 8.78 Å². The predicted molar refractivity (Wildman–Crippen MR) is 84.7 cm³/mol. The molecule has 1 aromatic heterocycles. The number of rotatable bonds is 2. The normalized spacial score (nSPS) is 21.6. The standard InChI is InChI=1S/C14H12BrF2NS2/c1-7-4-12(8-2-3-19-14(8)20-7)18-13-5-9(15)10(16)6-11(13)17/h2-3,5-7,12,18H,4H2,1H3/t7-,12?/m0/s1. The number of hydrogen-bond acceptors (Lipinski definition) is 3. The van der Waals surface area contributed by atoms with Crippen LogP contribution in [0.15, 0.2) is 32.3 Å². The van der Waals surface area contributed by atoms with Gasteiger partial charge in [-0.3, -0.25) is 0 Å². The Morgan fingerprint density at radius 3 is 2.90 bits per heavy atom. The summed E-state index contributed by atoms with van der Waals surface area (Å²) in [5.41, 5.74) is 1.54. The lowest BCUT2D eigenvalue weighted by Crippen LogP contribution is -2.19. The van der Waals surface area contributed by atoms with Crippen molar-refractivity contribution in [1.82, 2.24) is 0 Å². The van der Waals surface area contributed by atoms with Crippen molar-refractivity contribution in [2.75, 3.05) is 5.32 Å². The summed E-state index contributed by atoms with van der Waals surface area (Å²) in [4.78, 5) is 0. The van der Waals surface area contributed by atoms with Crippen molar-refractivity contribution < 1.29 is 8.78 Å². The molecule has 1 nitrogen and oxygen atoms in total. The van der Waals surface area contributed by atoms with Gasteiger partial charge in [0, 0.05) is 11.3 Å². The molecular formula is C14H12BrF2NS2. The molecule has 106 valence electrons. The molecule has 1 N–H and O–H groups in total. The summed E-state index contributed by atoms with van der Waals surface area (Å²) in [6.45, 7) is 2.17. The zero-order chi connectivity index (χ0) is 14.3. The molecule has 6 heteroatoms. The first-order valence-electron chi connectivity index (χ1n) is 6.19. The first kappa shape index (κ1) is 14.4. The highest BCUT2D eigenvalue weighted by Crippen LogP contribution is 2.45. The fourth-order valence-corrected chi connectivity index (χ4v) is 5.22. The maximum atomic E-state index is 13.9. The van der Waals surface area contributed by atoms with E-state index >= 15 is 0 Å². The second-order valence-corrected chi connectivity index (χ2v) is 8.25. The molecule has 1 aliphatic heterocycles. The summed E-state index contributed by atoms with van der Waals surface area (Å²) in [6.07, 6.45) is 0.919. The molecule has 3 rings (SSSR count). The molecule has 0 aliphatic carbocycles. The number of nitrogens with one attached hydrogen (secondary N) is 1. The van der Waals surface area contributed by atoms with Crippen LogP contribution in [0.2, 0.25) is 0 Å². The monoisotopic (exact) mass is 375 g/mol. The second-order valence-electron chi connectivity index (χ2n) is 4.77. The van der Waals surface area contributed by atoms with Crippen molar-refractivity contribution in [3.63, 3.8) is 0 Å². The smallest absolute Gasteiger partial charge is 0.149 e. The van der Waals surface area contributed by atoms with Crippen LogP contribution in [0.4, 0.5) is 14.5 Å².